The zero-order valence-electron chi connectivity index (χ0n) is 19.3. The number of methoxy groups -OCH3 is 2. The number of anilines is 2. The van der Waals surface area contributed by atoms with E-state index in [2.05, 4.69) is 10.4 Å². The lowest BCUT2D eigenvalue weighted by molar-refractivity contribution is -0.122. The Morgan fingerprint density at radius 1 is 1.12 bits per heavy atom. The number of aromatic nitrogens is 2. The molecule has 1 aromatic heterocycles. The number of aryl methyl sites for hydroxylation is 1. The summed E-state index contributed by atoms with van der Waals surface area (Å²) in [5, 5.41) is 7.30. The molecule has 1 aliphatic heterocycles. The summed E-state index contributed by atoms with van der Waals surface area (Å²) in [7, 11) is 3.18. The van der Waals surface area contributed by atoms with Crippen LogP contribution in [-0.2, 0) is 16.1 Å². The minimum atomic E-state index is -0.438. The second-order valence-electron chi connectivity index (χ2n) is 8.14. The zero-order chi connectivity index (χ0) is 23.5. The number of carbonyl (C=O) groups excluding carboxylic acids is 2. The number of amides is 2. The molecule has 0 spiro atoms. The third-order valence-electron chi connectivity index (χ3n) is 6.14. The van der Waals surface area contributed by atoms with Gasteiger partial charge in [-0.1, -0.05) is 24.3 Å². The normalized spacial score (nSPS) is 15.6. The third kappa shape index (κ3) is 4.41. The van der Waals surface area contributed by atoms with E-state index in [4.69, 9.17) is 9.47 Å². The van der Waals surface area contributed by atoms with Crippen molar-refractivity contribution in [2.24, 2.45) is 5.92 Å². The molecule has 8 nitrogen and oxygen atoms in total. The first-order chi connectivity index (χ1) is 15.9. The van der Waals surface area contributed by atoms with Gasteiger partial charge in [0, 0.05) is 30.3 Å². The lowest BCUT2D eigenvalue weighted by Crippen LogP contribution is -2.29. The Labute approximate surface area is 193 Å². The molecule has 1 unspecified atom stereocenters. The van der Waals surface area contributed by atoms with Gasteiger partial charge in [-0.05, 0) is 37.1 Å². The quantitative estimate of drug-likeness (QED) is 0.597. The molecule has 4 rings (SSSR count). The van der Waals surface area contributed by atoms with E-state index in [0.717, 1.165) is 22.4 Å². The van der Waals surface area contributed by atoms with Gasteiger partial charge >= 0.3 is 0 Å². The number of nitrogens with one attached hydrogen (secondary N) is 1. The second-order valence-corrected chi connectivity index (χ2v) is 8.14. The van der Waals surface area contributed by atoms with Gasteiger partial charge in [0.05, 0.1) is 32.9 Å². The minimum Gasteiger partial charge on any atom is -0.493 e. The number of hydrogen-bond donors (Lipinski definition) is 1. The highest BCUT2D eigenvalue weighted by Gasteiger charge is 2.36. The van der Waals surface area contributed by atoms with Gasteiger partial charge in [-0.15, -0.1) is 0 Å². The number of hydrogen-bond acceptors (Lipinski definition) is 5. The van der Waals surface area contributed by atoms with Crippen LogP contribution in [-0.4, -0.2) is 42.4 Å². The topological polar surface area (TPSA) is 85.7 Å². The molecule has 1 saturated heterocycles. The summed E-state index contributed by atoms with van der Waals surface area (Å²) in [5.74, 6) is 1.13. The summed E-state index contributed by atoms with van der Waals surface area (Å²) in [6, 6.07) is 13.2. The Hall–Kier alpha value is -3.81. The highest BCUT2D eigenvalue weighted by molar-refractivity contribution is 6.03. The SMILES string of the molecule is COc1cccc(Cn2nccc2NC(=O)C2CC(=O)N(c3cccc(C)c3C)C2)c1OC. The summed E-state index contributed by atoms with van der Waals surface area (Å²) in [4.78, 5) is 27.4. The van der Waals surface area contributed by atoms with Gasteiger partial charge in [0.25, 0.3) is 0 Å². The largest absolute Gasteiger partial charge is 0.493 e. The Morgan fingerprint density at radius 2 is 1.91 bits per heavy atom. The minimum absolute atomic E-state index is 0.0431. The number of benzene rings is 2. The molecule has 8 heteroatoms. The molecule has 1 aliphatic rings. The zero-order valence-corrected chi connectivity index (χ0v) is 19.3. The number of carbonyl (C=O) groups is 2. The summed E-state index contributed by atoms with van der Waals surface area (Å²) >= 11 is 0. The van der Waals surface area contributed by atoms with E-state index in [9.17, 15) is 9.59 Å². The van der Waals surface area contributed by atoms with Crippen molar-refractivity contribution in [2.45, 2.75) is 26.8 Å². The fraction of sp³-hybridized carbons (Fsp3) is 0.320. The molecule has 1 fully saturated rings. The second kappa shape index (κ2) is 9.36. The van der Waals surface area contributed by atoms with Crippen LogP contribution in [0, 0.1) is 19.8 Å². The first-order valence-electron chi connectivity index (χ1n) is 10.8. The third-order valence-corrected chi connectivity index (χ3v) is 6.14. The van der Waals surface area contributed by atoms with Crippen molar-refractivity contribution in [2.75, 3.05) is 31.0 Å². The molecule has 33 heavy (non-hydrogen) atoms. The molecule has 1 N–H and O–H groups in total. The van der Waals surface area contributed by atoms with Gasteiger partial charge in [-0.3, -0.25) is 9.59 Å². The predicted molar refractivity (Wildman–Crippen MR) is 126 cm³/mol. The fourth-order valence-corrected chi connectivity index (χ4v) is 4.18. The number of rotatable bonds is 7. The van der Waals surface area contributed by atoms with Crippen molar-refractivity contribution < 1.29 is 19.1 Å². The van der Waals surface area contributed by atoms with Gasteiger partial charge in [-0.25, -0.2) is 4.68 Å². The van der Waals surface area contributed by atoms with Crippen LogP contribution in [0.1, 0.15) is 23.1 Å². The number of nitrogens with zero attached hydrogens (tertiary/aromatic N) is 3. The van der Waals surface area contributed by atoms with Crippen LogP contribution < -0.4 is 19.7 Å². The van der Waals surface area contributed by atoms with Crippen molar-refractivity contribution in [3.63, 3.8) is 0 Å². The van der Waals surface area contributed by atoms with Crippen LogP contribution in [0.5, 0.6) is 11.5 Å². The van der Waals surface area contributed by atoms with Gasteiger partial charge in [0.15, 0.2) is 11.5 Å². The maximum absolute atomic E-state index is 13.0. The van der Waals surface area contributed by atoms with Gasteiger partial charge in [0.2, 0.25) is 11.8 Å². The summed E-state index contributed by atoms with van der Waals surface area (Å²) in [6.07, 6.45) is 1.81. The fourth-order valence-electron chi connectivity index (χ4n) is 4.18. The van der Waals surface area contributed by atoms with Crippen molar-refractivity contribution in [3.05, 3.63) is 65.4 Å². The van der Waals surface area contributed by atoms with E-state index in [-0.39, 0.29) is 18.2 Å². The van der Waals surface area contributed by atoms with Crippen LogP contribution in [0.2, 0.25) is 0 Å². The molecular weight excluding hydrogens is 420 g/mol. The van der Waals surface area contributed by atoms with Gasteiger partial charge < -0.3 is 19.7 Å². The average molecular weight is 449 g/mol. The number of ether oxygens (including phenoxy) is 2. The maximum Gasteiger partial charge on any atom is 0.230 e. The van der Waals surface area contributed by atoms with Crippen molar-refractivity contribution >= 4 is 23.3 Å². The highest BCUT2D eigenvalue weighted by atomic mass is 16.5. The standard InChI is InChI=1S/C25H28N4O4/c1-16-7-5-9-20(17(16)2)28-14-19(13-23(28)30)25(31)27-22-11-12-26-29(22)15-18-8-6-10-21(32-3)24(18)33-4/h5-12,19H,13-15H2,1-4H3,(H,27,31). The molecule has 0 aliphatic carbocycles. The Kier molecular flexibility index (Phi) is 6.35. The average Bonchev–Trinajstić information content (AvgIpc) is 3.41. The first kappa shape index (κ1) is 22.4. The monoisotopic (exact) mass is 448 g/mol. The molecule has 172 valence electrons. The molecule has 2 amide bonds. The van der Waals surface area contributed by atoms with E-state index < -0.39 is 5.92 Å². The van der Waals surface area contributed by atoms with Crippen LogP contribution in [0.15, 0.2) is 48.7 Å². The molecule has 1 atom stereocenters. The van der Waals surface area contributed by atoms with Crippen LogP contribution in [0.3, 0.4) is 0 Å². The molecule has 0 radical (unpaired) electrons. The van der Waals surface area contributed by atoms with Crippen molar-refractivity contribution in [1.29, 1.82) is 0 Å². The summed E-state index contributed by atoms with van der Waals surface area (Å²) in [5.41, 5.74) is 3.90. The summed E-state index contributed by atoms with van der Waals surface area (Å²) < 4.78 is 12.6. The van der Waals surface area contributed by atoms with Gasteiger partial charge in [0.1, 0.15) is 5.82 Å². The van der Waals surface area contributed by atoms with Crippen molar-refractivity contribution in [1.82, 2.24) is 9.78 Å². The lowest BCUT2D eigenvalue weighted by atomic mass is 10.1. The molecule has 3 aromatic rings. The smallest absolute Gasteiger partial charge is 0.230 e. The van der Waals surface area contributed by atoms with Gasteiger partial charge in [-0.2, -0.15) is 5.10 Å². The molecular formula is C25H28N4O4. The number of para-hydroxylation sites is 1. The van der Waals surface area contributed by atoms with Crippen molar-refractivity contribution in [3.8, 4) is 11.5 Å². The Bertz CT molecular complexity index is 1190. The highest BCUT2D eigenvalue weighted by Crippen LogP contribution is 2.32. The van der Waals surface area contributed by atoms with Crippen LogP contribution in [0.25, 0.3) is 0 Å². The lowest BCUT2D eigenvalue weighted by Gasteiger charge is -2.20. The molecule has 2 aromatic carbocycles. The first-order valence-corrected chi connectivity index (χ1v) is 10.8. The van der Waals surface area contributed by atoms with E-state index in [1.807, 2.05) is 50.2 Å². The van der Waals surface area contributed by atoms with E-state index in [1.165, 1.54) is 0 Å². The van der Waals surface area contributed by atoms with Crippen LogP contribution >= 0.6 is 0 Å². The molecule has 2 heterocycles. The maximum atomic E-state index is 13.0. The molecule has 0 saturated carbocycles. The Morgan fingerprint density at radius 3 is 2.67 bits per heavy atom. The van der Waals surface area contributed by atoms with E-state index in [0.29, 0.717) is 30.4 Å². The molecule has 0 bridgehead atoms. The summed E-state index contributed by atoms with van der Waals surface area (Å²) in [6.45, 7) is 4.76. The van der Waals surface area contributed by atoms with E-state index in [1.54, 1.807) is 36.1 Å². The van der Waals surface area contributed by atoms with E-state index >= 15 is 0 Å². The predicted octanol–water partition coefficient (Wildman–Crippen LogP) is 3.56. The van der Waals surface area contributed by atoms with Crippen LogP contribution in [0.4, 0.5) is 11.5 Å². The Balaban J connectivity index is 1.48.